The molecule has 2 rings (SSSR count). The Kier molecular flexibility index (Phi) is 6.32. The zero-order valence-electron chi connectivity index (χ0n) is 12.7. The summed E-state index contributed by atoms with van der Waals surface area (Å²) in [5.74, 6) is 2.82. The minimum absolute atomic E-state index is 0.0632. The number of rotatable bonds is 5. The van der Waals surface area contributed by atoms with Crippen molar-refractivity contribution in [2.24, 2.45) is 0 Å². The smallest absolute Gasteiger partial charge is 0.260 e. The molecule has 5 nitrogen and oxygen atoms in total. The fourth-order valence-corrected chi connectivity index (χ4v) is 3.45. The summed E-state index contributed by atoms with van der Waals surface area (Å²) in [5, 5.41) is 0. The third kappa shape index (κ3) is 5.21. The van der Waals surface area contributed by atoms with Crippen molar-refractivity contribution in [2.45, 2.75) is 12.5 Å². The zero-order chi connectivity index (χ0) is 15.1. The van der Waals surface area contributed by atoms with Gasteiger partial charge in [-0.25, -0.2) is 0 Å². The van der Waals surface area contributed by atoms with Crippen molar-refractivity contribution in [3.63, 3.8) is 0 Å². The van der Waals surface area contributed by atoms with Crippen LogP contribution in [0.5, 0.6) is 5.75 Å². The van der Waals surface area contributed by atoms with Crippen molar-refractivity contribution in [3.05, 3.63) is 24.5 Å². The molecule has 1 saturated heterocycles. The van der Waals surface area contributed by atoms with E-state index >= 15 is 0 Å². The number of likely N-dealkylation sites (N-methyl/N-ethyl adjacent to an activating group) is 1. The van der Waals surface area contributed by atoms with E-state index < -0.39 is 0 Å². The van der Waals surface area contributed by atoms with Crippen molar-refractivity contribution in [1.82, 2.24) is 14.8 Å². The minimum atomic E-state index is 0.0632. The van der Waals surface area contributed by atoms with Gasteiger partial charge in [0, 0.05) is 25.0 Å². The van der Waals surface area contributed by atoms with E-state index in [4.69, 9.17) is 4.74 Å². The lowest BCUT2D eigenvalue weighted by molar-refractivity contribution is -0.135. The number of hydrogen-bond acceptors (Lipinski definition) is 5. The van der Waals surface area contributed by atoms with Crippen molar-refractivity contribution >= 4 is 17.7 Å². The van der Waals surface area contributed by atoms with E-state index in [1.165, 1.54) is 0 Å². The van der Waals surface area contributed by atoms with Crippen molar-refractivity contribution in [1.29, 1.82) is 0 Å². The quantitative estimate of drug-likeness (QED) is 0.822. The first kappa shape index (κ1) is 16.1. The molecule has 116 valence electrons. The van der Waals surface area contributed by atoms with Crippen molar-refractivity contribution < 1.29 is 9.53 Å². The zero-order valence-corrected chi connectivity index (χ0v) is 13.5. The van der Waals surface area contributed by atoms with Gasteiger partial charge >= 0.3 is 0 Å². The molecule has 0 radical (unpaired) electrons. The maximum atomic E-state index is 12.5. The third-order valence-corrected chi connectivity index (χ3v) is 4.53. The van der Waals surface area contributed by atoms with Crippen LogP contribution in [-0.2, 0) is 4.79 Å². The first-order valence-corrected chi connectivity index (χ1v) is 8.37. The van der Waals surface area contributed by atoms with Crippen LogP contribution >= 0.6 is 11.8 Å². The monoisotopic (exact) mass is 309 g/mol. The van der Waals surface area contributed by atoms with E-state index in [9.17, 15) is 4.79 Å². The summed E-state index contributed by atoms with van der Waals surface area (Å²) >= 11 is 1.93. The van der Waals surface area contributed by atoms with E-state index in [1.807, 2.05) is 36.8 Å². The Bertz CT molecular complexity index is 442. The molecule has 1 aliphatic heterocycles. The SMILES string of the molecule is CN(C)CC1CSCCCN1C(=O)COc1cccnc1. The molecule has 0 saturated carbocycles. The maximum absolute atomic E-state index is 12.5. The van der Waals surface area contributed by atoms with Crippen LogP contribution in [0.1, 0.15) is 6.42 Å². The molecular weight excluding hydrogens is 286 g/mol. The highest BCUT2D eigenvalue weighted by Crippen LogP contribution is 2.17. The number of pyridine rings is 1. The summed E-state index contributed by atoms with van der Waals surface area (Å²) < 4.78 is 5.54. The first-order valence-electron chi connectivity index (χ1n) is 7.21. The van der Waals surface area contributed by atoms with Gasteiger partial charge in [0.05, 0.1) is 12.2 Å². The Balaban J connectivity index is 1.93. The van der Waals surface area contributed by atoms with Gasteiger partial charge in [0.2, 0.25) is 0 Å². The standard InChI is InChI=1S/C15H23N3O2S/c1-17(2)10-13-12-21-8-4-7-18(13)15(19)11-20-14-5-3-6-16-9-14/h3,5-6,9,13H,4,7-8,10-12H2,1-2H3. The van der Waals surface area contributed by atoms with E-state index in [-0.39, 0.29) is 18.6 Å². The van der Waals surface area contributed by atoms with Crippen molar-refractivity contribution in [3.8, 4) is 5.75 Å². The Morgan fingerprint density at radius 3 is 3.14 bits per heavy atom. The van der Waals surface area contributed by atoms with Crippen LogP contribution in [0.4, 0.5) is 0 Å². The van der Waals surface area contributed by atoms with Gasteiger partial charge in [-0.2, -0.15) is 11.8 Å². The second kappa shape index (κ2) is 8.24. The molecule has 1 fully saturated rings. The molecule has 1 atom stereocenters. The van der Waals surface area contributed by atoms with E-state index in [1.54, 1.807) is 18.5 Å². The van der Waals surface area contributed by atoms with Gasteiger partial charge in [-0.15, -0.1) is 0 Å². The second-order valence-electron chi connectivity index (χ2n) is 5.41. The Morgan fingerprint density at radius 2 is 2.43 bits per heavy atom. The molecule has 0 N–H and O–H groups in total. The van der Waals surface area contributed by atoms with E-state index in [2.05, 4.69) is 9.88 Å². The average Bonchev–Trinajstić information content (AvgIpc) is 2.71. The second-order valence-corrected chi connectivity index (χ2v) is 6.56. The number of ether oxygens (including phenoxy) is 1. The van der Waals surface area contributed by atoms with Gasteiger partial charge in [-0.05, 0) is 38.4 Å². The van der Waals surface area contributed by atoms with Gasteiger partial charge < -0.3 is 14.5 Å². The predicted octanol–water partition coefficient (Wildman–Crippen LogP) is 1.36. The number of thioether (sulfide) groups is 1. The van der Waals surface area contributed by atoms with Crippen LogP contribution in [0.3, 0.4) is 0 Å². The summed E-state index contributed by atoms with van der Waals surface area (Å²) in [6.07, 6.45) is 4.36. The molecule has 0 aromatic carbocycles. The first-order chi connectivity index (χ1) is 10.2. The molecule has 21 heavy (non-hydrogen) atoms. The maximum Gasteiger partial charge on any atom is 0.260 e. The number of nitrogens with zero attached hydrogens (tertiary/aromatic N) is 3. The van der Waals surface area contributed by atoms with Crippen molar-refractivity contribution in [2.75, 3.05) is 45.3 Å². The van der Waals surface area contributed by atoms with Crippen LogP contribution in [0.25, 0.3) is 0 Å². The molecule has 6 heteroatoms. The van der Waals surface area contributed by atoms with Crippen LogP contribution in [0.2, 0.25) is 0 Å². The average molecular weight is 309 g/mol. The van der Waals surface area contributed by atoms with Crippen LogP contribution in [-0.4, -0.2) is 72.0 Å². The highest BCUT2D eigenvalue weighted by molar-refractivity contribution is 7.99. The summed E-state index contributed by atoms with van der Waals surface area (Å²) in [6, 6.07) is 3.88. The van der Waals surface area contributed by atoms with Crippen LogP contribution < -0.4 is 4.74 Å². The molecule has 1 aromatic heterocycles. The lowest BCUT2D eigenvalue weighted by Gasteiger charge is -2.31. The largest absolute Gasteiger partial charge is 0.482 e. The lowest BCUT2D eigenvalue weighted by atomic mass is 10.2. The van der Waals surface area contributed by atoms with Gasteiger partial charge in [0.1, 0.15) is 5.75 Å². The normalized spacial score (nSPS) is 19.4. The highest BCUT2D eigenvalue weighted by atomic mass is 32.2. The fourth-order valence-electron chi connectivity index (χ4n) is 2.39. The summed E-state index contributed by atoms with van der Waals surface area (Å²) in [5.41, 5.74) is 0. The highest BCUT2D eigenvalue weighted by Gasteiger charge is 2.26. The molecule has 2 heterocycles. The Labute approximate surface area is 130 Å². The van der Waals surface area contributed by atoms with Gasteiger partial charge in [0.25, 0.3) is 5.91 Å². The Morgan fingerprint density at radius 1 is 1.57 bits per heavy atom. The van der Waals surface area contributed by atoms with Gasteiger partial charge in [-0.3, -0.25) is 9.78 Å². The van der Waals surface area contributed by atoms with E-state index in [0.29, 0.717) is 5.75 Å². The Hall–Kier alpha value is -1.27. The molecular formula is C15H23N3O2S. The number of amides is 1. The summed E-state index contributed by atoms with van der Waals surface area (Å²) in [4.78, 5) is 20.6. The summed E-state index contributed by atoms with van der Waals surface area (Å²) in [6.45, 7) is 1.80. The topological polar surface area (TPSA) is 45.7 Å². The number of carbonyl (C=O) groups is 1. The van der Waals surface area contributed by atoms with E-state index in [0.717, 1.165) is 31.0 Å². The number of carbonyl (C=O) groups excluding carboxylic acids is 1. The molecule has 1 aliphatic rings. The molecule has 1 unspecified atom stereocenters. The fraction of sp³-hybridized carbons (Fsp3) is 0.600. The van der Waals surface area contributed by atoms with Gasteiger partial charge in [0.15, 0.2) is 6.61 Å². The predicted molar refractivity (Wildman–Crippen MR) is 85.7 cm³/mol. The van der Waals surface area contributed by atoms with Gasteiger partial charge in [-0.1, -0.05) is 0 Å². The molecule has 0 bridgehead atoms. The third-order valence-electron chi connectivity index (χ3n) is 3.33. The molecule has 1 amide bonds. The molecule has 1 aromatic rings. The number of aromatic nitrogens is 1. The van der Waals surface area contributed by atoms with Crippen LogP contribution in [0.15, 0.2) is 24.5 Å². The number of hydrogen-bond donors (Lipinski definition) is 0. The van der Waals surface area contributed by atoms with Crippen LogP contribution in [0, 0.1) is 0 Å². The lowest BCUT2D eigenvalue weighted by Crippen LogP contribution is -2.48. The molecule has 0 aliphatic carbocycles. The minimum Gasteiger partial charge on any atom is -0.482 e. The molecule has 0 spiro atoms. The summed E-state index contributed by atoms with van der Waals surface area (Å²) in [7, 11) is 4.09.